The Hall–Kier alpha value is -1.76. The van der Waals surface area contributed by atoms with E-state index in [9.17, 15) is 9.59 Å². The van der Waals surface area contributed by atoms with Crippen molar-refractivity contribution in [3.05, 3.63) is 55.4 Å². The first-order valence-corrected chi connectivity index (χ1v) is 8.31. The minimum Gasteiger partial charge on any atom is -0.370 e. The maximum absolute atomic E-state index is 12.5. The van der Waals surface area contributed by atoms with E-state index in [1.54, 1.807) is 24.0 Å². The zero-order valence-corrected chi connectivity index (χ0v) is 14.6. The van der Waals surface area contributed by atoms with Gasteiger partial charge >= 0.3 is 0 Å². The van der Waals surface area contributed by atoms with Crippen molar-refractivity contribution in [2.24, 2.45) is 0 Å². The molecule has 0 aliphatic carbocycles. The van der Waals surface area contributed by atoms with E-state index in [0.29, 0.717) is 41.0 Å². The van der Waals surface area contributed by atoms with Crippen molar-refractivity contribution in [1.29, 1.82) is 0 Å². The SMILES string of the molecule is Cc1[nH][nH]c(=O)c1CC(=O)N1CCO[C@H](c2ccc(Cl)c(Cl)c2)C1. The molecule has 6 nitrogen and oxygen atoms in total. The molecule has 2 heterocycles. The van der Waals surface area contributed by atoms with E-state index < -0.39 is 0 Å². The number of ether oxygens (including phenoxy) is 1. The van der Waals surface area contributed by atoms with Crippen molar-refractivity contribution in [3.63, 3.8) is 0 Å². The second-order valence-electron chi connectivity index (χ2n) is 5.73. The second kappa shape index (κ2) is 7.01. The zero-order valence-electron chi connectivity index (χ0n) is 13.1. The van der Waals surface area contributed by atoms with Gasteiger partial charge in [0.25, 0.3) is 5.56 Å². The first kappa shape index (κ1) is 17.1. The molecule has 1 aromatic heterocycles. The highest BCUT2D eigenvalue weighted by molar-refractivity contribution is 6.42. The number of H-pyrrole nitrogens is 2. The molecule has 1 aliphatic rings. The van der Waals surface area contributed by atoms with Gasteiger partial charge in [-0.2, -0.15) is 0 Å². The number of hydrogen-bond acceptors (Lipinski definition) is 3. The lowest BCUT2D eigenvalue weighted by Gasteiger charge is -2.33. The van der Waals surface area contributed by atoms with Gasteiger partial charge in [-0.25, -0.2) is 0 Å². The molecule has 0 radical (unpaired) electrons. The van der Waals surface area contributed by atoms with Crippen LogP contribution in [0.3, 0.4) is 0 Å². The number of aryl methyl sites for hydroxylation is 1. The van der Waals surface area contributed by atoms with Crippen LogP contribution in [0.4, 0.5) is 0 Å². The predicted molar refractivity (Wildman–Crippen MR) is 91.6 cm³/mol. The van der Waals surface area contributed by atoms with Crippen LogP contribution in [0.5, 0.6) is 0 Å². The molecule has 0 saturated carbocycles. The summed E-state index contributed by atoms with van der Waals surface area (Å²) < 4.78 is 5.75. The van der Waals surface area contributed by atoms with E-state index >= 15 is 0 Å². The Morgan fingerprint density at radius 1 is 1.33 bits per heavy atom. The molecule has 128 valence electrons. The molecule has 24 heavy (non-hydrogen) atoms. The van der Waals surface area contributed by atoms with Crippen LogP contribution in [0.2, 0.25) is 10.0 Å². The lowest BCUT2D eigenvalue weighted by Crippen LogP contribution is -2.43. The van der Waals surface area contributed by atoms with Gasteiger partial charge in [-0.15, -0.1) is 0 Å². The van der Waals surface area contributed by atoms with Crippen molar-refractivity contribution < 1.29 is 9.53 Å². The summed E-state index contributed by atoms with van der Waals surface area (Å²) in [6.45, 7) is 3.10. The molecule has 8 heteroatoms. The van der Waals surface area contributed by atoms with Gasteiger partial charge in [-0.3, -0.25) is 14.7 Å². The van der Waals surface area contributed by atoms with E-state index in [4.69, 9.17) is 27.9 Å². The Labute approximate surface area is 148 Å². The number of hydrogen-bond donors (Lipinski definition) is 2. The van der Waals surface area contributed by atoms with E-state index in [2.05, 4.69) is 10.2 Å². The molecular formula is C16H17Cl2N3O3. The quantitative estimate of drug-likeness (QED) is 0.871. The summed E-state index contributed by atoms with van der Waals surface area (Å²) in [6, 6.07) is 5.31. The Morgan fingerprint density at radius 3 is 2.79 bits per heavy atom. The van der Waals surface area contributed by atoms with Crippen molar-refractivity contribution in [3.8, 4) is 0 Å². The van der Waals surface area contributed by atoms with Crippen LogP contribution in [0.25, 0.3) is 0 Å². The van der Waals surface area contributed by atoms with Crippen LogP contribution < -0.4 is 5.56 Å². The predicted octanol–water partition coefficient (Wildman–Crippen LogP) is 2.46. The average Bonchev–Trinajstić information content (AvgIpc) is 2.89. The normalized spacial score (nSPS) is 18.0. The molecule has 1 aromatic carbocycles. The van der Waals surface area contributed by atoms with Crippen LogP contribution in [-0.2, 0) is 16.0 Å². The van der Waals surface area contributed by atoms with Gasteiger partial charge in [0.2, 0.25) is 5.91 Å². The summed E-state index contributed by atoms with van der Waals surface area (Å²) in [6.07, 6.45) is -0.193. The number of aromatic nitrogens is 2. The number of nitrogens with one attached hydrogen (secondary N) is 2. The number of carbonyl (C=O) groups excluding carboxylic acids is 1. The molecule has 0 bridgehead atoms. The lowest BCUT2D eigenvalue weighted by atomic mass is 10.1. The van der Waals surface area contributed by atoms with E-state index in [1.165, 1.54) is 0 Å². The van der Waals surface area contributed by atoms with Gasteiger partial charge < -0.3 is 14.7 Å². The Bertz CT molecular complexity index is 815. The van der Waals surface area contributed by atoms with Crippen LogP contribution in [0, 0.1) is 6.92 Å². The first-order valence-electron chi connectivity index (χ1n) is 7.56. The van der Waals surface area contributed by atoms with E-state index in [-0.39, 0.29) is 24.0 Å². The van der Waals surface area contributed by atoms with E-state index in [1.807, 2.05) is 6.07 Å². The number of rotatable bonds is 3. The molecule has 0 spiro atoms. The van der Waals surface area contributed by atoms with Gasteiger partial charge in [0.05, 0.1) is 29.6 Å². The van der Waals surface area contributed by atoms with Crippen LogP contribution >= 0.6 is 23.2 Å². The van der Waals surface area contributed by atoms with Gasteiger partial charge in [-0.1, -0.05) is 29.3 Å². The van der Waals surface area contributed by atoms with Crippen molar-refractivity contribution in [2.75, 3.05) is 19.7 Å². The third-order valence-electron chi connectivity index (χ3n) is 4.15. The Morgan fingerprint density at radius 2 is 2.12 bits per heavy atom. The molecule has 3 rings (SSSR count). The van der Waals surface area contributed by atoms with Gasteiger partial charge in [0, 0.05) is 17.8 Å². The summed E-state index contributed by atoms with van der Waals surface area (Å²) in [5.41, 5.74) is 1.77. The maximum atomic E-state index is 12.5. The Balaban J connectivity index is 1.72. The first-order chi connectivity index (χ1) is 11.5. The second-order valence-corrected chi connectivity index (χ2v) is 6.55. The highest BCUT2D eigenvalue weighted by Crippen LogP contribution is 2.29. The summed E-state index contributed by atoms with van der Waals surface area (Å²) in [4.78, 5) is 25.9. The fraction of sp³-hybridized carbons (Fsp3) is 0.375. The molecule has 2 aromatic rings. The number of amides is 1. The smallest absolute Gasteiger partial charge is 0.267 e. The van der Waals surface area contributed by atoms with Gasteiger partial charge in [0.15, 0.2) is 0 Å². The topological polar surface area (TPSA) is 78.2 Å². The average molecular weight is 370 g/mol. The summed E-state index contributed by atoms with van der Waals surface area (Å²) in [5, 5.41) is 6.15. The van der Waals surface area contributed by atoms with Crippen LogP contribution in [0.1, 0.15) is 22.9 Å². The number of morpholine rings is 1. The highest BCUT2D eigenvalue weighted by atomic mass is 35.5. The third kappa shape index (κ3) is 3.50. The fourth-order valence-electron chi connectivity index (χ4n) is 2.74. The van der Waals surface area contributed by atoms with Gasteiger partial charge in [0.1, 0.15) is 6.10 Å². The monoisotopic (exact) mass is 369 g/mol. The number of benzene rings is 1. The van der Waals surface area contributed by atoms with Crippen LogP contribution in [-0.4, -0.2) is 40.7 Å². The number of nitrogens with zero attached hydrogens (tertiary/aromatic N) is 1. The summed E-state index contributed by atoms with van der Waals surface area (Å²) in [7, 11) is 0. The minimum atomic E-state index is -0.261. The molecule has 0 unspecified atom stereocenters. The molecule has 2 N–H and O–H groups in total. The molecule has 1 amide bonds. The number of carbonyl (C=O) groups is 1. The molecule has 1 fully saturated rings. The van der Waals surface area contributed by atoms with Crippen molar-refractivity contribution in [1.82, 2.24) is 15.1 Å². The van der Waals surface area contributed by atoms with Crippen LogP contribution in [0.15, 0.2) is 23.0 Å². The third-order valence-corrected chi connectivity index (χ3v) is 4.89. The van der Waals surface area contributed by atoms with Crippen molar-refractivity contribution in [2.45, 2.75) is 19.4 Å². The summed E-state index contributed by atoms with van der Waals surface area (Å²) in [5.74, 6) is -0.100. The molecule has 1 atom stereocenters. The standard InChI is InChI=1S/C16H17Cl2N3O3/c1-9-11(16(23)20-19-9)7-15(22)21-4-5-24-14(8-21)10-2-3-12(17)13(18)6-10/h2-3,6,14H,4-5,7-8H2,1H3,(H2,19,20,23)/t14-/m0/s1. The highest BCUT2D eigenvalue weighted by Gasteiger charge is 2.26. The number of halogens is 2. The van der Waals surface area contributed by atoms with E-state index in [0.717, 1.165) is 5.56 Å². The minimum absolute atomic E-state index is 0.0682. The fourth-order valence-corrected chi connectivity index (χ4v) is 3.04. The molecular weight excluding hydrogens is 353 g/mol. The van der Waals surface area contributed by atoms with Crippen molar-refractivity contribution >= 4 is 29.1 Å². The summed E-state index contributed by atoms with van der Waals surface area (Å²) >= 11 is 12.0. The Kier molecular flexibility index (Phi) is 4.99. The zero-order chi connectivity index (χ0) is 17.3. The lowest BCUT2D eigenvalue weighted by molar-refractivity contribution is -0.138. The molecule has 1 saturated heterocycles. The largest absolute Gasteiger partial charge is 0.370 e. The molecule has 1 aliphatic heterocycles. The number of aromatic amines is 2. The van der Waals surface area contributed by atoms with Gasteiger partial charge in [-0.05, 0) is 24.6 Å². The maximum Gasteiger partial charge on any atom is 0.267 e.